The van der Waals surface area contributed by atoms with Gasteiger partial charge in [-0.25, -0.2) is 0 Å². The number of likely N-dealkylation sites (tertiary alicyclic amines) is 1. The lowest BCUT2D eigenvalue weighted by molar-refractivity contribution is -0.137. The number of nitrogens with one attached hydrogen (secondary N) is 1. The van der Waals surface area contributed by atoms with Gasteiger partial charge in [0.15, 0.2) is 0 Å². The maximum absolute atomic E-state index is 12.7. The minimum atomic E-state index is -4.40. The van der Waals surface area contributed by atoms with Crippen LogP contribution in [-0.2, 0) is 17.5 Å². The van der Waals surface area contributed by atoms with Gasteiger partial charge in [0.05, 0.1) is 22.9 Å². The molecule has 1 fully saturated rings. The minimum absolute atomic E-state index is 0.204. The molecule has 2 aromatic heterocycles. The number of carbonyl (C=O) groups excluding carboxylic acids is 1. The monoisotopic (exact) mass is 436 g/mol. The number of rotatable bonds is 5. The fourth-order valence-electron chi connectivity index (χ4n) is 3.42. The van der Waals surface area contributed by atoms with Crippen molar-refractivity contribution < 1.29 is 22.5 Å². The largest absolute Gasteiger partial charge is 0.416 e. The number of hydrogen-bond acceptors (Lipinski definition) is 6. The summed E-state index contributed by atoms with van der Waals surface area (Å²) in [5, 5.41) is 8.65. The van der Waals surface area contributed by atoms with E-state index in [2.05, 4.69) is 20.4 Å². The van der Waals surface area contributed by atoms with Crippen LogP contribution in [0.15, 0.2) is 46.3 Å². The first-order valence-electron chi connectivity index (χ1n) is 9.45. The number of nitrogens with zero attached hydrogens (tertiary/aromatic N) is 3. The van der Waals surface area contributed by atoms with Crippen LogP contribution in [0.3, 0.4) is 0 Å². The molecule has 30 heavy (non-hydrogen) atoms. The van der Waals surface area contributed by atoms with Crippen molar-refractivity contribution in [1.29, 1.82) is 0 Å². The van der Waals surface area contributed by atoms with Gasteiger partial charge in [-0.05, 0) is 55.1 Å². The maximum atomic E-state index is 12.7. The molecule has 158 valence electrons. The molecular formula is C20H19F3N4O2S. The summed E-state index contributed by atoms with van der Waals surface area (Å²) in [7, 11) is 0. The van der Waals surface area contributed by atoms with E-state index in [0.717, 1.165) is 30.0 Å². The molecule has 0 radical (unpaired) electrons. The van der Waals surface area contributed by atoms with Gasteiger partial charge in [0, 0.05) is 12.2 Å². The molecule has 1 aliphatic heterocycles. The Balaban J connectivity index is 1.34. The van der Waals surface area contributed by atoms with Crippen LogP contribution in [0.4, 0.5) is 18.9 Å². The fourth-order valence-corrected chi connectivity index (χ4v) is 4.07. The molecule has 1 atom stereocenters. The zero-order valence-electron chi connectivity index (χ0n) is 15.9. The number of benzene rings is 1. The van der Waals surface area contributed by atoms with Gasteiger partial charge in [0.1, 0.15) is 0 Å². The first-order valence-corrected chi connectivity index (χ1v) is 10.3. The highest BCUT2D eigenvalue weighted by Crippen LogP contribution is 2.30. The van der Waals surface area contributed by atoms with Gasteiger partial charge in [0.2, 0.25) is 17.6 Å². The van der Waals surface area contributed by atoms with Gasteiger partial charge < -0.3 is 9.84 Å². The van der Waals surface area contributed by atoms with E-state index < -0.39 is 11.7 Å². The number of piperidine rings is 1. The molecule has 1 aliphatic rings. The molecule has 10 heteroatoms. The van der Waals surface area contributed by atoms with E-state index in [4.69, 9.17) is 4.52 Å². The molecule has 0 aliphatic carbocycles. The van der Waals surface area contributed by atoms with Gasteiger partial charge in [-0.3, -0.25) is 9.69 Å². The lowest BCUT2D eigenvalue weighted by atomic mass is 9.97. The SMILES string of the molecule is O=C(Nc1ccc(C(F)(F)F)cc1)C1CCCN(Cc2nc(-c3cccs3)no2)C1. The zero-order valence-corrected chi connectivity index (χ0v) is 16.7. The molecule has 1 N–H and O–H groups in total. The number of alkyl halides is 3. The predicted molar refractivity (Wildman–Crippen MR) is 106 cm³/mol. The van der Waals surface area contributed by atoms with Crippen LogP contribution < -0.4 is 5.32 Å². The van der Waals surface area contributed by atoms with Crippen molar-refractivity contribution in [1.82, 2.24) is 15.0 Å². The molecule has 1 saturated heterocycles. The topological polar surface area (TPSA) is 71.3 Å². The van der Waals surface area contributed by atoms with E-state index in [0.29, 0.717) is 36.9 Å². The number of aromatic nitrogens is 2. The summed E-state index contributed by atoms with van der Waals surface area (Å²) in [6, 6.07) is 8.30. The normalized spacial score (nSPS) is 17.8. The average molecular weight is 436 g/mol. The van der Waals surface area contributed by atoms with Gasteiger partial charge in [-0.1, -0.05) is 11.2 Å². The molecule has 4 rings (SSSR count). The molecular weight excluding hydrogens is 417 g/mol. The van der Waals surface area contributed by atoms with E-state index in [1.165, 1.54) is 23.5 Å². The van der Waals surface area contributed by atoms with Crippen molar-refractivity contribution >= 4 is 22.9 Å². The molecule has 1 aromatic carbocycles. The first-order chi connectivity index (χ1) is 14.4. The highest BCUT2D eigenvalue weighted by Gasteiger charge is 2.30. The Morgan fingerprint density at radius 3 is 2.77 bits per heavy atom. The van der Waals surface area contributed by atoms with Gasteiger partial charge >= 0.3 is 6.18 Å². The van der Waals surface area contributed by atoms with Crippen LogP contribution >= 0.6 is 11.3 Å². The second-order valence-electron chi connectivity index (χ2n) is 7.13. The summed E-state index contributed by atoms with van der Waals surface area (Å²) >= 11 is 1.53. The van der Waals surface area contributed by atoms with Crippen molar-refractivity contribution in [3.8, 4) is 10.7 Å². The number of carbonyl (C=O) groups is 1. The van der Waals surface area contributed by atoms with Crippen molar-refractivity contribution in [2.45, 2.75) is 25.6 Å². The molecule has 3 heterocycles. The van der Waals surface area contributed by atoms with E-state index >= 15 is 0 Å². The quantitative estimate of drug-likeness (QED) is 0.630. The summed E-state index contributed by atoms with van der Waals surface area (Å²) < 4.78 is 43.3. The summed E-state index contributed by atoms with van der Waals surface area (Å²) in [4.78, 5) is 20.0. The zero-order chi connectivity index (χ0) is 21.1. The lowest BCUT2D eigenvalue weighted by Gasteiger charge is -2.30. The second kappa shape index (κ2) is 8.57. The highest BCUT2D eigenvalue weighted by molar-refractivity contribution is 7.13. The summed E-state index contributed by atoms with van der Waals surface area (Å²) in [5.74, 6) is 0.570. The first kappa shape index (κ1) is 20.5. The van der Waals surface area contributed by atoms with Gasteiger partial charge in [-0.15, -0.1) is 11.3 Å². The average Bonchev–Trinajstić information content (AvgIpc) is 3.40. The third-order valence-electron chi connectivity index (χ3n) is 4.92. The third kappa shape index (κ3) is 4.88. The predicted octanol–water partition coefficient (Wildman–Crippen LogP) is 4.67. The number of amides is 1. The maximum Gasteiger partial charge on any atom is 0.416 e. The van der Waals surface area contributed by atoms with E-state index in [9.17, 15) is 18.0 Å². The number of hydrogen-bond donors (Lipinski definition) is 1. The Morgan fingerprint density at radius 1 is 1.27 bits per heavy atom. The number of thiophene rings is 1. The van der Waals surface area contributed by atoms with Crippen molar-refractivity contribution in [2.24, 2.45) is 5.92 Å². The molecule has 1 amide bonds. The van der Waals surface area contributed by atoms with E-state index in [-0.39, 0.29) is 11.8 Å². The standard InChI is InChI=1S/C20H19F3N4O2S/c21-20(22,23)14-5-7-15(8-6-14)24-19(28)13-3-1-9-27(11-13)12-17-25-18(26-29-17)16-4-2-10-30-16/h2,4-8,10,13H,1,3,9,11-12H2,(H,24,28). The summed E-state index contributed by atoms with van der Waals surface area (Å²) in [5.41, 5.74) is -0.395. The van der Waals surface area contributed by atoms with Crippen LogP contribution in [0.1, 0.15) is 24.3 Å². The second-order valence-corrected chi connectivity index (χ2v) is 8.08. The Bertz CT molecular complexity index is 986. The van der Waals surface area contributed by atoms with Gasteiger partial charge in [-0.2, -0.15) is 18.2 Å². The molecule has 1 unspecified atom stereocenters. The molecule has 3 aromatic rings. The van der Waals surface area contributed by atoms with Crippen LogP contribution in [0.5, 0.6) is 0 Å². The lowest BCUT2D eigenvalue weighted by Crippen LogP contribution is -2.40. The molecule has 0 bridgehead atoms. The molecule has 0 spiro atoms. The minimum Gasteiger partial charge on any atom is -0.338 e. The van der Waals surface area contributed by atoms with Crippen LogP contribution in [0.25, 0.3) is 10.7 Å². The van der Waals surface area contributed by atoms with Crippen molar-refractivity contribution in [2.75, 3.05) is 18.4 Å². The van der Waals surface area contributed by atoms with Crippen molar-refractivity contribution in [3.05, 3.63) is 53.2 Å². The number of anilines is 1. The van der Waals surface area contributed by atoms with Crippen LogP contribution in [-0.4, -0.2) is 34.0 Å². The van der Waals surface area contributed by atoms with E-state index in [1.54, 1.807) is 0 Å². The van der Waals surface area contributed by atoms with Crippen molar-refractivity contribution in [3.63, 3.8) is 0 Å². The Labute approximate surface area is 174 Å². The fraction of sp³-hybridized carbons (Fsp3) is 0.350. The Morgan fingerprint density at radius 2 is 2.07 bits per heavy atom. The molecule has 6 nitrogen and oxygen atoms in total. The number of halogens is 3. The van der Waals surface area contributed by atoms with Gasteiger partial charge in [0.25, 0.3) is 0 Å². The van der Waals surface area contributed by atoms with E-state index in [1.807, 2.05) is 17.5 Å². The Kier molecular flexibility index (Phi) is 5.87. The smallest absolute Gasteiger partial charge is 0.338 e. The third-order valence-corrected chi connectivity index (χ3v) is 5.79. The van der Waals surface area contributed by atoms with Crippen LogP contribution in [0, 0.1) is 5.92 Å². The highest BCUT2D eigenvalue weighted by atomic mass is 32.1. The molecule has 0 saturated carbocycles. The summed E-state index contributed by atoms with van der Waals surface area (Å²) in [6.45, 7) is 1.77. The van der Waals surface area contributed by atoms with Crippen LogP contribution in [0.2, 0.25) is 0 Å². The summed E-state index contributed by atoms with van der Waals surface area (Å²) in [6.07, 6.45) is -2.85. The Hall–Kier alpha value is -2.72.